The van der Waals surface area contributed by atoms with Crippen LogP contribution in [0, 0.1) is 0 Å². The molecule has 3 rings (SSSR count). The van der Waals surface area contributed by atoms with Crippen LogP contribution in [0.4, 0.5) is 5.82 Å². The number of hydrogen-bond donors (Lipinski definition) is 2. The topological polar surface area (TPSA) is 84.6 Å². The lowest BCUT2D eigenvalue weighted by molar-refractivity contribution is 0.181. The van der Waals surface area contributed by atoms with Crippen LogP contribution in [0.25, 0.3) is 5.78 Å². The van der Waals surface area contributed by atoms with Crippen molar-refractivity contribution in [2.24, 2.45) is 0 Å². The maximum Gasteiger partial charge on any atom is 0.254 e. The molecule has 0 radical (unpaired) electrons. The zero-order valence-electron chi connectivity index (χ0n) is 12.2. The Hall–Kier alpha value is -2.51. The second kappa shape index (κ2) is 6.50. The van der Waals surface area contributed by atoms with Gasteiger partial charge >= 0.3 is 0 Å². The lowest BCUT2D eigenvalue weighted by atomic mass is 10.1. The van der Waals surface area contributed by atoms with Crippen molar-refractivity contribution in [3.05, 3.63) is 54.0 Å². The van der Waals surface area contributed by atoms with Gasteiger partial charge < -0.3 is 15.2 Å². The number of aliphatic hydroxyl groups excluding tert-OH is 1. The van der Waals surface area contributed by atoms with Crippen LogP contribution in [0.1, 0.15) is 17.3 Å². The van der Waals surface area contributed by atoms with Gasteiger partial charge in [0.25, 0.3) is 5.78 Å². The molecule has 2 aromatic heterocycles. The summed E-state index contributed by atoms with van der Waals surface area (Å²) in [5.74, 6) is 1.19. The van der Waals surface area contributed by atoms with Crippen molar-refractivity contribution < 1.29 is 9.84 Å². The summed E-state index contributed by atoms with van der Waals surface area (Å²) in [5.41, 5.74) is 1.73. The lowest BCUT2D eigenvalue weighted by Gasteiger charge is -2.18. The molecular formula is C15H17N5O2. The monoisotopic (exact) mass is 299 g/mol. The van der Waals surface area contributed by atoms with Crippen LogP contribution in [0.15, 0.2) is 42.7 Å². The summed E-state index contributed by atoms with van der Waals surface area (Å²) in [7, 11) is 1.61. The molecule has 3 aromatic rings. The zero-order valence-corrected chi connectivity index (χ0v) is 12.2. The van der Waals surface area contributed by atoms with Gasteiger partial charge in [0.1, 0.15) is 12.1 Å². The Labute approximate surface area is 127 Å². The molecule has 1 atom stereocenters. The van der Waals surface area contributed by atoms with Crippen LogP contribution in [-0.2, 0) is 11.3 Å². The van der Waals surface area contributed by atoms with Crippen LogP contribution >= 0.6 is 0 Å². The average molecular weight is 299 g/mol. The number of benzene rings is 1. The van der Waals surface area contributed by atoms with Crippen molar-refractivity contribution in [2.75, 3.05) is 19.0 Å². The molecule has 0 unspecified atom stereocenters. The normalized spacial score (nSPS) is 12.5. The molecule has 0 aliphatic carbocycles. The van der Waals surface area contributed by atoms with E-state index in [1.54, 1.807) is 11.6 Å². The molecule has 7 nitrogen and oxygen atoms in total. The Morgan fingerprint density at radius 1 is 1.32 bits per heavy atom. The first kappa shape index (κ1) is 14.4. The van der Waals surface area contributed by atoms with E-state index in [1.807, 2.05) is 36.4 Å². The standard InChI is InChI=1S/C15H17N5O2/c1-22-9-12-7-14(20-15(18-12)16-10-17-20)19-13(8-21)11-5-3-2-4-6-11/h2-7,10,13,19,21H,8-9H2,1H3/t13-/m0/s1. The van der Waals surface area contributed by atoms with E-state index in [-0.39, 0.29) is 12.6 Å². The largest absolute Gasteiger partial charge is 0.394 e. The molecule has 0 saturated heterocycles. The molecule has 114 valence electrons. The van der Waals surface area contributed by atoms with Gasteiger partial charge in [0, 0.05) is 13.2 Å². The number of aromatic nitrogens is 4. The third-order valence-corrected chi connectivity index (χ3v) is 3.30. The average Bonchev–Trinajstić information content (AvgIpc) is 3.02. The smallest absolute Gasteiger partial charge is 0.254 e. The molecule has 2 heterocycles. The number of aliphatic hydroxyl groups is 1. The maximum absolute atomic E-state index is 9.69. The van der Waals surface area contributed by atoms with Crippen molar-refractivity contribution in [2.45, 2.75) is 12.6 Å². The highest BCUT2D eigenvalue weighted by Gasteiger charge is 2.14. The Bertz CT molecular complexity index is 744. The van der Waals surface area contributed by atoms with E-state index in [9.17, 15) is 5.11 Å². The third kappa shape index (κ3) is 2.90. The minimum atomic E-state index is -0.244. The molecule has 1 aromatic carbocycles. The van der Waals surface area contributed by atoms with E-state index in [0.29, 0.717) is 18.2 Å². The van der Waals surface area contributed by atoms with Gasteiger partial charge in [-0.15, -0.1) is 0 Å². The van der Waals surface area contributed by atoms with Crippen molar-refractivity contribution in [3.8, 4) is 0 Å². The number of rotatable bonds is 6. The van der Waals surface area contributed by atoms with E-state index in [2.05, 4.69) is 20.4 Å². The highest BCUT2D eigenvalue weighted by molar-refractivity contribution is 5.46. The molecule has 2 N–H and O–H groups in total. The van der Waals surface area contributed by atoms with Gasteiger partial charge in [-0.1, -0.05) is 30.3 Å². The predicted molar refractivity (Wildman–Crippen MR) is 81.4 cm³/mol. The first-order valence-electron chi connectivity index (χ1n) is 6.92. The van der Waals surface area contributed by atoms with Crippen molar-refractivity contribution in [1.29, 1.82) is 0 Å². The molecule has 0 spiro atoms. The second-order valence-corrected chi connectivity index (χ2v) is 4.83. The summed E-state index contributed by atoms with van der Waals surface area (Å²) in [5, 5.41) is 17.1. The van der Waals surface area contributed by atoms with Crippen molar-refractivity contribution in [3.63, 3.8) is 0 Å². The molecule has 7 heteroatoms. The predicted octanol–water partition coefficient (Wildman–Crippen LogP) is 1.42. The Morgan fingerprint density at radius 2 is 2.14 bits per heavy atom. The van der Waals surface area contributed by atoms with Crippen LogP contribution < -0.4 is 5.32 Å². The zero-order chi connectivity index (χ0) is 15.4. The van der Waals surface area contributed by atoms with E-state index >= 15 is 0 Å². The van der Waals surface area contributed by atoms with E-state index < -0.39 is 0 Å². The number of methoxy groups -OCH3 is 1. The van der Waals surface area contributed by atoms with Gasteiger partial charge in [0.05, 0.1) is 24.9 Å². The Kier molecular flexibility index (Phi) is 4.27. The molecule has 0 aliphatic rings. The number of anilines is 1. The maximum atomic E-state index is 9.69. The molecule has 0 aliphatic heterocycles. The highest BCUT2D eigenvalue weighted by atomic mass is 16.5. The summed E-state index contributed by atoms with van der Waals surface area (Å²) < 4.78 is 6.73. The SMILES string of the molecule is COCc1cc(N[C@@H](CO)c2ccccc2)n2ncnc2n1. The number of nitrogens with zero attached hydrogens (tertiary/aromatic N) is 4. The van der Waals surface area contributed by atoms with Crippen LogP contribution in [0.5, 0.6) is 0 Å². The summed E-state index contributed by atoms with van der Waals surface area (Å²) in [6.45, 7) is 0.343. The van der Waals surface area contributed by atoms with Gasteiger partial charge in [0.15, 0.2) is 0 Å². The first-order chi connectivity index (χ1) is 10.8. The molecular weight excluding hydrogens is 282 g/mol. The number of fused-ring (bicyclic) bond motifs is 1. The van der Waals surface area contributed by atoms with Gasteiger partial charge in [-0.05, 0) is 5.56 Å². The van der Waals surface area contributed by atoms with E-state index in [0.717, 1.165) is 11.3 Å². The fraction of sp³-hybridized carbons (Fsp3) is 0.267. The molecule has 0 amide bonds. The fourth-order valence-electron chi connectivity index (χ4n) is 2.28. The number of ether oxygens (including phenoxy) is 1. The van der Waals surface area contributed by atoms with Gasteiger partial charge in [-0.3, -0.25) is 0 Å². The third-order valence-electron chi connectivity index (χ3n) is 3.30. The Balaban J connectivity index is 1.96. The quantitative estimate of drug-likeness (QED) is 0.716. The molecule has 0 bridgehead atoms. The van der Waals surface area contributed by atoms with Crippen LogP contribution in [0.3, 0.4) is 0 Å². The van der Waals surface area contributed by atoms with E-state index in [4.69, 9.17) is 4.74 Å². The Morgan fingerprint density at radius 3 is 2.86 bits per heavy atom. The second-order valence-electron chi connectivity index (χ2n) is 4.83. The summed E-state index contributed by atoms with van der Waals surface area (Å²) in [6.07, 6.45) is 1.45. The van der Waals surface area contributed by atoms with Crippen molar-refractivity contribution >= 4 is 11.6 Å². The minimum absolute atomic E-state index is 0.0395. The summed E-state index contributed by atoms with van der Waals surface area (Å²) in [4.78, 5) is 8.46. The number of nitrogens with one attached hydrogen (secondary N) is 1. The van der Waals surface area contributed by atoms with Crippen molar-refractivity contribution in [1.82, 2.24) is 19.6 Å². The van der Waals surface area contributed by atoms with Gasteiger partial charge in [-0.2, -0.15) is 14.6 Å². The minimum Gasteiger partial charge on any atom is -0.394 e. The summed E-state index contributed by atoms with van der Waals surface area (Å²) in [6, 6.07) is 11.3. The lowest BCUT2D eigenvalue weighted by Crippen LogP contribution is -2.17. The highest BCUT2D eigenvalue weighted by Crippen LogP contribution is 2.20. The molecule has 0 saturated carbocycles. The molecule has 22 heavy (non-hydrogen) atoms. The molecule has 0 fully saturated rings. The van der Waals surface area contributed by atoms with Gasteiger partial charge in [0.2, 0.25) is 0 Å². The summed E-state index contributed by atoms with van der Waals surface area (Å²) >= 11 is 0. The van der Waals surface area contributed by atoms with Crippen LogP contribution in [0.2, 0.25) is 0 Å². The fourth-order valence-corrected chi connectivity index (χ4v) is 2.28. The van der Waals surface area contributed by atoms with Gasteiger partial charge in [-0.25, -0.2) is 4.98 Å². The van der Waals surface area contributed by atoms with E-state index in [1.165, 1.54) is 6.33 Å². The van der Waals surface area contributed by atoms with Crippen LogP contribution in [-0.4, -0.2) is 38.4 Å². The first-order valence-corrected chi connectivity index (χ1v) is 6.92. The number of hydrogen-bond acceptors (Lipinski definition) is 6.